The van der Waals surface area contributed by atoms with Crippen molar-refractivity contribution >= 4 is 34.3 Å². The van der Waals surface area contributed by atoms with Crippen molar-refractivity contribution in [2.45, 2.75) is 23.9 Å². The maximum absolute atomic E-state index is 13.3. The van der Waals surface area contributed by atoms with Crippen LogP contribution in [-0.4, -0.2) is 57.5 Å². The van der Waals surface area contributed by atoms with E-state index in [1.54, 1.807) is 16.7 Å². The lowest BCUT2D eigenvalue weighted by Gasteiger charge is -2.26. The molecule has 176 valence electrons. The molecule has 4 aromatic rings. The molecule has 0 spiro atoms. The Morgan fingerprint density at radius 1 is 1.00 bits per heavy atom. The van der Waals surface area contributed by atoms with Gasteiger partial charge in [0.2, 0.25) is 11.8 Å². The second-order valence-electron chi connectivity index (χ2n) is 7.97. The van der Waals surface area contributed by atoms with Crippen LogP contribution in [0.15, 0.2) is 62.9 Å². The Morgan fingerprint density at radius 2 is 1.79 bits per heavy atom. The molecule has 0 amide bonds. The monoisotopic (exact) mass is 497 g/mol. The Labute approximate surface area is 205 Å². The smallest absolute Gasteiger partial charge is 0.262 e. The number of hydrogen-bond acceptors (Lipinski definition) is 8. The quantitative estimate of drug-likeness (QED) is 0.265. The standard InChI is InChI=1S/C24H24ClN5O3S/c25-18-8-6-17(7-9-18)22-28-27-21(33-22)16-34-24-26-20-5-2-1-4-19(20)23(31)30(24)11-3-10-29-12-14-32-15-13-29/h1-2,4-9H,3,10-16H2. The minimum Gasteiger partial charge on any atom is -0.420 e. The number of fused-ring (bicyclic) bond motifs is 1. The average molecular weight is 498 g/mol. The predicted molar refractivity (Wildman–Crippen MR) is 132 cm³/mol. The molecule has 0 N–H and O–H groups in total. The summed E-state index contributed by atoms with van der Waals surface area (Å²) in [6.45, 7) is 4.90. The van der Waals surface area contributed by atoms with Gasteiger partial charge < -0.3 is 9.15 Å². The largest absolute Gasteiger partial charge is 0.420 e. The fraction of sp³-hybridized carbons (Fsp3) is 0.333. The summed E-state index contributed by atoms with van der Waals surface area (Å²) in [5.41, 5.74) is 1.46. The van der Waals surface area contributed by atoms with Crippen LogP contribution in [-0.2, 0) is 17.0 Å². The number of halogens is 1. The maximum Gasteiger partial charge on any atom is 0.262 e. The number of rotatable bonds is 8. The number of aromatic nitrogens is 4. The first-order chi connectivity index (χ1) is 16.7. The zero-order chi connectivity index (χ0) is 23.3. The van der Waals surface area contributed by atoms with Gasteiger partial charge in [0.05, 0.1) is 29.9 Å². The van der Waals surface area contributed by atoms with Crippen LogP contribution in [0.1, 0.15) is 12.3 Å². The number of benzene rings is 2. The fourth-order valence-electron chi connectivity index (χ4n) is 3.88. The van der Waals surface area contributed by atoms with E-state index in [0.29, 0.717) is 45.2 Å². The van der Waals surface area contributed by atoms with Crippen molar-refractivity contribution in [2.75, 3.05) is 32.8 Å². The molecule has 1 saturated heterocycles. The topological polar surface area (TPSA) is 86.3 Å². The first kappa shape index (κ1) is 23.0. The van der Waals surface area contributed by atoms with Crippen molar-refractivity contribution in [3.05, 3.63) is 69.8 Å². The second-order valence-corrected chi connectivity index (χ2v) is 9.35. The summed E-state index contributed by atoms with van der Waals surface area (Å²) in [4.78, 5) is 20.4. The van der Waals surface area contributed by atoms with Crippen LogP contribution >= 0.6 is 23.4 Å². The summed E-state index contributed by atoms with van der Waals surface area (Å²) in [5.74, 6) is 1.31. The summed E-state index contributed by atoms with van der Waals surface area (Å²) in [7, 11) is 0. The molecule has 0 atom stereocenters. The van der Waals surface area contributed by atoms with Crippen LogP contribution in [0, 0.1) is 0 Å². The number of nitrogens with zero attached hydrogens (tertiary/aromatic N) is 5. The Hall–Kier alpha value is -2.72. The zero-order valence-electron chi connectivity index (χ0n) is 18.5. The van der Waals surface area contributed by atoms with E-state index in [0.717, 1.165) is 44.8 Å². The Balaban J connectivity index is 1.33. The Kier molecular flexibility index (Phi) is 7.24. The molecule has 0 radical (unpaired) electrons. The van der Waals surface area contributed by atoms with Gasteiger partial charge in [-0.2, -0.15) is 0 Å². The third-order valence-electron chi connectivity index (χ3n) is 5.67. The molecular formula is C24H24ClN5O3S. The molecule has 2 aromatic carbocycles. The van der Waals surface area contributed by atoms with Crippen molar-refractivity contribution < 1.29 is 9.15 Å². The van der Waals surface area contributed by atoms with Crippen molar-refractivity contribution in [1.82, 2.24) is 24.6 Å². The molecule has 0 aliphatic carbocycles. The minimum absolute atomic E-state index is 0.0255. The summed E-state index contributed by atoms with van der Waals surface area (Å²) < 4.78 is 13.0. The fourth-order valence-corrected chi connectivity index (χ4v) is 4.87. The highest BCUT2D eigenvalue weighted by Gasteiger charge is 2.16. The maximum atomic E-state index is 13.3. The van der Waals surface area contributed by atoms with Gasteiger partial charge in [-0.05, 0) is 42.8 Å². The normalized spacial score (nSPS) is 14.6. The Bertz CT molecular complexity index is 1320. The molecule has 0 unspecified atom stereocenters. The average Bonchev–Trinajstić information content (AvgIpc) is 3.34. The number of thioether (sulfide) groups is 1. The predicted octanol–water partition coefficient (Wildman–Crippen LogP) is 4.11. The van der Waals surface area contributed by atoms with Gasteiger partial charge in [0.1, 0.15) is 0 Å². The zero-order valence-corrected chi connectivity index (χ0v) is 20.1. The number of morpholine rings is 1. The van der Waals surface area contributed by atoms with Crippen LogP contribution in [0.2, 0.25) is 5.02 Å². The van der Waals surface area contributed by atoms with Crippen molar-refractivity contribution in [3.8, 4) is 11.5 Å². The number of hydrogen-bond donors (Lipinski definition) is 0. The second kappa shape index (κ2) is 10.7. The Morgan fingerprint density at radius 3 is 2.62 bits per heavy atom. The summed E-state index contributed by atoms with van der Waals surface area (Å²) in [6.07, 6.45) is 0.856. The van der Waals surface area contributed by atoms with Crippen molar-refractivity contribution in [3.63, 3.8) is 0 Å². The van der Waals surface area contributed by atoms with Crippen molar-refractivity contribution in [2.24, 2.45) is 0 Å². The van der Waals surface area contributed by atoms with E-state index in [9.17, 15) is 4.79 Å². The first-order valence-electron chi connectivity index (χ1n) is 11.2. The molecule has 8 nitrogen and oxygen atoms in total. The molecule has 0 saturated carbocycles. The van der Waals surface area contributed by atoms with E-state index in [1.165, 1.54) is 11.8 Å². The highest BCUT2D eigenvalue weighted by atomic mass is 35.5. The third kappa shape index (κ3) is 5.33. The van der Waals surface area contributed by atoms with E-state index in [2.05, 4.69) is 15.1 Å². The van der Waals surface area contributed by atoms with Crippen LogP contribution in [0.25, 0.3) is 22.4 Å². The number of ether oxygens (including phenoxy) is 1. The van der Waals surface area contributed by atoms with E-state index < -0.39 is 0 Å². The lowest BCUT2D eigenvalue weighted by Crippen LogP contribution is -2.37. The van der Waals surface area contributed by atoms with Gasteiger partial charge in [-0.1, -0.05) is 35.5 Å². The molecule has 1 aliphatic rings. The van der Waals surface area contributed by atoms with Gasteiger partial charge in [-0.15, -0.1) is 10.2 Å². The van der Waals surface area contributed by atoms with Gasteiger partial charge in [-0.3, -0.25) is 14.3 Å². The highest BCUT2D eigenvalue weighted by Crippen LogP contribution is 2.25. The van der Waals surface area contributed by atoms with Gasteiger partial charge in [-0.25, -0.2) is 4.98 Å². The first-order valence-corrected chi connectivity index (χ1v) is 12.5. The SMILES string of the molecule is O=c1c2ccccc2nc(SCc2nnc(-c3ccc(Cl)cc3)o2)n1CCCN1CCOCC1. The van der Waals surface area contributed by atoms with Gasteiger partial charge in [0, 0.05) is 36.8 Å². The molecule has 34 heavy (non-hydrogen) atoms. The van der Waals surface area contributed by atoms with Gasteiger partial charge in [0.25, 0.3) is 5.56 Å². The molecule has 0 bridgehead atoms. The molecule has 1 fully saturated rings. The van der Waals surface area contributed by atoms with Crippen molar-refractivity contribution in [1.29, 1.82) is 0 Å². The lowest BCUT2D eigenvalue weighted by molar-refractivity contribution is 0.0368. The molecule has 10 heteroatoms. The molecular weight excluding hydrogens is 474 g/mol. The van der Waals surface area contributed by atoms with E-state index in [-0.39, 0.29) is 5.56 Å². The van der Waals surface area contributed by atoms with Gasteiger partial charge in [0.15, 0.2) is 5.16 Å². The van der Waals surface area contributed by atoms with E-state index >= 15 is 0 Å². The van der Waals surface area contributed by atoms with Crippen LogP contribution in [0.4, 0.5) is 0 Å². The molecule has 5 rings (SSSR count). The third-order valence-corrected chi connectivity index (χ3v) is 6.88. The van der Waals surface area contributed by atoms with E-state index in [1.807, 2.05) is 36.4 Å². The summed E-state index contributed by atoms with van der Waals surface area (Å²) >= 11 is 7.39. The van der Waals surface area contributed by atoms with E-state index in [4.69, 9.17) is 25.7 Å². The highest BCUT2D eigenvalue weighted by molar-refractivity contribution is 7.98. The van der Waals surface area contributed by atoms with Crippen LogP contribution in [0.3, 0.4) is 0 Å². The minimum atomic E-state index is -0.0255. The van der Waals surface area contributed by atoms with Crippen LogP contribution < -0.4 is 5.56 Å². The number of para-hydroxylation sites is 1. The summed E-state index contributed by atoms with van der Waals surface area (Å²) in [6, 6.07) is 14.7. The summed E-state index contributed by atoms with van der Waals surface area (Å²) in [5, 5.41) is 10.2. The van der Waals surface area contributed by atoms with Crippen LogP contribution in [0.5, 0.6) is 0 Å². The molecule has 1 aliphatic heterocycles. The van der Waals surface area contributed by atoms with Gasteiger partial charge >= 0.3 is 0 Å². The molecule has 3 heterocycles. The molecule has 2 aromatic heterocycles. The lowest BCUT2D eigenvalue weighted by atomic mass is 10.2.